The molecule has 3 nitrogen and oxygen atoms in total. The number of hydrogen-bond donors (Lipinski definition) is 0. The minimum absolute atomic E-state index is 0.305. The number of ether oxygens (including phenoxy) is 1. The first-order chi connectivity index (χ1) is 9.22. The van der Waals surface area contributed by atoms with Crippen LogP contribution < -0.4 is 4.74 Å². The van der Waals surface area contributed by atoms with Crippen LogP contribution in [0.3, 0.4) is 0 Å². The fourth-order valence-corrected chi connectivity index (χ4v) is 2.14. The fraction of sp³-hybridized carbons (Fsp3) is 0.0714. The highest BCUT2D eigenvalue weighted by Gasteiger charge is 2.04. The molecule has 0 spiro atoms. The second kappa shape index (κ2) is 5.01. The Bertz CT molecular complexity index is 693. The van der Waals surface area contributed by atoms with Gasteiger partial charge in [0.2, 0.25) is 0 Å². The number of nitrogens with zero attached hydrogens (tertiary/aromatic N) is 2. The lowest BCUT2D eigenvalue weighted by atomic mass is 10.3. The summed E-state index contributed by atoms with van der Waals surface area (Å²) >= 11 is 3.13. The van der Waals surface area contributed by atoms with E-state index in [4.69, 9.17) is 4.74 Å². The quantitative estimate of drug-likeness (QED) is 0.733. The average Bonchev–Trinajstić information content (AvgIpc) is 2.83. The van der Waals surface area contributed by atoms with Crippen LogP contribution in [0.15, 0.2) is 53.3 Å². The SMILES string of the molecule is Fc1ccc(OCc2cn3ccccc3n2)cc1Br. The molecule has 0 N–H and O–H groups in total. The molecule has 0 atom stereocenters. The molecule has 0 saturated carbocycles. The molecule has 0 radical (unpaired) electrons. The number of fused-ring (bicyclic) bond motifs is 1. The molecule has 0 aliphatic heterocycles. The van der Waals surface area contributed by atoms with Crippen LogP contribution in [0.4, 0.5) is 4.39 Å². The van der Waals surface area contributed by atoms with Gasteiger partial charge in [0.15, 0.2) is 0 Å². The van der Waals surface area contributed by atoms with Crippen molar-refractivity contribution >= 4 is 21.6 Å². The maximum Gasteiger partial charge on any atom is 0.137 e. The van der Waals surface area contributed by atoms with Gasteiger partial charge in [0.25, 0.3) is 0 Å². The van der Waals surface area contributed by atoms with Crippen molar-refractivity contribution in [2.75, 3.05) is 0 Å². The number of imidazole rings is 1. The van der Waals surface area contributed by atoms with E-state index >= 15 is 0 Å². The number of benzene rings is 1. The average molecular weight is 321 g/mol. The van der Waals surface area contributed by atoms with Gasteiger partial charge in [-0.1, -0.05) is 6.07 Å². The fourth-order valence-electron chi connectivity index (χ4n) is 1.78. The highest BCUT2D eigenvalue weighted by molar-refractivity contribution is 9.10. The van der Waals surface area contributed by atoms with Crippen molar-refractivity contribution in [3.05, 3.63) is 64.8 Å². The minimum Gasteiger partial charge on any atom is -0.487 e. The molecule has 3 aromatic rings. The van der Waals surface area contributed by atoms with Gasteiger partial charge in [0.05, 0.1) is 10.2 Å². The lowest BCUT2D eigenvalue weighted by molar-refractivity contribution is 0.301. The van der Waals surface area contributed by atoms with Gasteiger partial charge in [0.1, 0.15) is 23.8 Å². The molecule has 1 aromatic carbocycles. The van der Waals surface area contributed by atoms with Gasteiger partial charge in [-0.2, -0.15) is 0 Å². The largest absolute Gasteiger partial charge is 0.487 e. The Labute approximate surface area is 117 Å². The topological polar surface area (TPSA) is 26.5 Å². The molecular weight excluding hydrogens is 311 g/mol. The molecular formula is C14H10BrFN2O. The molecule has 96 valence electrons. The molecule has 0 amide bonds. The lowest BCUT2D eigenvalue weighted by Crippen LogP contribution is -1.95. The van der Waals surface area contributed by atoms with Crippen LogP contribution in [-0.4, -0.2) is 9.38 Å². The number of rotatable bonds is 3. The second-order valence-corrected chi connectivity index (χ2v) is 4.92. The number of halogens is 2. The molecule has 0 bridgehead atoms. The van der Waals surface area contributed by atoms with Crippen molar-refractivity contribution in [2.45, 2.75) is 6.61 Å². The lowest BCUT2D eigenvalue weighted by Gasteiger charge is -2.04. The Morgan fingerprint density at radius 2 is 2.16 bits per heavy atom. The van der Waals surface area contributed by atoms with E-state index in [-0.39, 0.29) is 5.82 Å². The highest BCUT2D eigenvalue weighted by Crippen LogP contribution is 2.22. The summed E-state index contributed by atoms with van der Waals surface area (Å²) in [6, 6.07) is 10.4. The minimum atomic E-state index is -0.305. The van der Waals surface area contributed by atoms with E-state index in [9.17, 15) is 4.39 Å². The van der Waals surface area contributed by atoms with Crippen molar-refractivity contribution in [1.29, 1.82) is 0 Å². The van der Waals surface area contributed by atoms with E-state index in [1.54, 1.807) is 12.1 Å². The zero-order valence-electron chi connectivity index (χ0n) is 9.88. The second-order valence-electron chi connectivity index (χ2n) is 4.06. The molecule has 0 aliphatic carbocycles. The first-order valence-electron chi connectivity index (χ1n) is 5.73. The molecule has 3 rings (SSSR count). The van der Waals surface area contributed by atoms with E-state index in [1.165, 1.54) is 6.07 Å². The van der Waals surface area contributed by atoms with Gasteiger partial charge in [-0.3, -0.25) is 0 Å². The predicted octanol–water partition coefficient (Wildman–Crippen LogP) is 3.81. The molecule has 5 heteroatoms. The maximum absolute atomic E-state index is 13.1. The van der Waals surface area contributed by atoms with E-state index in [1.807, 2.05) is 35.0 Å². The molecule has 2 aromatic heterocycles. The van der Waals surface area contributed by atoms with Gasteiger partial charge in [-0.15, -0.1) is 0 Å². The van der Waals surface area contributed by atoms with Crippen molar-refractivity contribution in [1.82, 2.24) is 9.38 Å². The molecule has 0 aliphatic rings. The zero-order chi connectivity index (χ0) is 13.2. The summed E-state index contributed by atoms with van der Waals surface area (Å²) in [6.07, 6.45) is 3.84. The Balaban J connectivity index is 1.76. The van der Waals surface area contributed by atoms with Crippen LogP contribution >= 0.6 is 15.9 Å². The van der Waals surface area contributed by atoms with Gasteiger partial charge in [-0.05, 0) is 46.3 Å². The standard InChI is InChI=1S/C14H10BrFN2O/c15-12-7-11(4-5-13(12)16)19-9-10-8-18-6-2-1-3-14(18)17-10/h1-8H,9H2. The third kappa shape index (κ3) is 2.61. The number of aromatic nitrogens is 2. The van der Waals surface area contributed by atoms with Crippen LogP contribution in [-0.2, 0) is 6.61 Å². The van der Waals surface area contributed by atoms with Gasteiger partial charge < -0.3 is 9.14 Å². The van der Waals surface area contributed by atoms with E-state index in [2.05, 4.69) is 20.9 Å². The smallest absolute Gasteiger partial charge is 0.137 e. The van der Waals surface area contributed by atoms with Crippen LogP contribution in [0.25, 0.3) is 5.65 Å². The Morgan fingerprint density at radius 1 is 1.26 bits per heavy atom. The third-order valence-electron chi connectivity index (χ3n) is 2.69. The Kier molecular flexibility index (Phi) is 3.21. The molecule has 19 heavy (non-hydrogen) atoms. The summed E-state index contributed by atoms with van der Waals surface area (Å²) in [5.74, 6) is 0.297. The van der Waals surface area contributed by atoms with E-state index in [0.29, 0.717) is 16.8 Å². The van der Waals surface area contributed by atoms with Crippen LogP contribution in [0.5, 0.6) is 5.75 Å². The van der Waals surface area contributed by atoms with Crippen LogP contribution in [0, 0.1) is 5.82 Å². The van der Waals surface area contributed by atoms with Crippen molar-refractivity contribution in [3.63, 3.8) is 0 Å². The van der Waals surface area contributed by atoms with E-state index < -0.39 is 0 Å². The number of pyridine rings is 1. The third-order valence-corrected chi connectivity index (χ3v) is 3.30. The Hall–Kier alpha value is -1.88. The first-order valence-corrected chi connectivity index (χ1v) is 6.52. The molecule has 0 fully saturated rings. The summed E-state index contributed by atoms with van der Waals surface area (Å²) in [4.78, 5) is 4.42. The van der Waals surface area contributed by atoms with Gasteiger partial charge in [-0.25, -0.2) is 9.37 Å². The zero-order valence-corrected chi connectivity index (χ0v) is 11.5. The summed E-state index contributed by atoms with van der Waals surface area (Å²) < 4.78 is 21.0. The molecule has 2 heterocycles. The van der Waals surface area contributed by atoms with Crippen molar-refractivity contribution < 1.29 is 9.13 Å². The summed E-state index contributed by atoms with van der Waals surface area (Å²) in [5, 5.41) is 0. The van der Waals surface area contributed by atoms with Gasteiger partial charge >= 0.3 is 0 Å². The molecule has 0 saturated heterocycles. The monoisotopic (exact) mass is 320 g/mol. The maximum atomic E-state index is 13.1. The van der Waals surface area contributed by atoms with Crippen LogP contribution in [0.2, 0.25) is 0 Å². The highest BCUT2D eigenvalue weighted by atomic mass is 79.9. The normalized spacial score (nSPS) is 10.8. The predicted molar refractivity (Wildman–Crippen MR) is 73.6 cm³/mol. The first kappa shape index (κ1) is 12.2. The number of hydrogen-bond acceptors (Lipinski definition) is 2. The summed E-state index contributed by atoms with van der Waals surface area (Å²) in [6.45, 7) is 0.347. The van der Waals surface area contributed by atoms with Gasteiger partial charge in [0, 0.05) is 12.4 Å². The summed E-state index contributed by atoms with van der Waals surface area (Å²) in [5.41, 5.74) is 1.70. The van der Waals surface area contributed by atoms with Crippen molar-refractivity contribution in [2.24, 2.45) is 0 Å². The molecule has 0 unspecified atom stereocenters. The summed E-state index contributed by atoms with van der Waals surface area (Å²) in [7, 11) is 0. The van der Waals surface area contributed by atoms with Crippen LogP contribution in [0.1, 0.15) is 5.69 Å². The van der Waals surface area contributed by atoms with Crippen molar-refractivity contribution in [3.8, 4) is 5.75 Å². The Morgan fingerprint density at radius 3 is 2.95 bits per heavy atom. The van der Waals surface area contributed by atoms with E-state index in [0.717, 1.165) is 11.3 Å².